The van der Waals surface area contributed by atoms with Gasteiger partial charge in [0.1, 0.15) is 11.6 Å². The van der Waals surface area contributed by atoms with Gasteiger partial charge in [0.05, 0.1) is 0 Å². The maximum atomic E-state index is 13.5. The smallest absolute Gasteiger partial charge is 0.131 e. The summed E-state index contributed by atoms with van der Waals surface area (Å²) >= 11 is 0. The first-order chi connectivity index (χ1) is 7.05. The largest absolute Gasteiger partial charge is 0.321 e. The molecular formula is C12H15F2N. The Morgan fingerprint density at radius 3 is 2.60 bits per heavy atom. The number of hydrogen-bond donors (Lipinski definition) is 1. The monoisotopic (exact) mass is 211 g/mol. The molecule has 0 saturated heterocycles. The van der Waals surface area contributed by atoms with Crippen molar-refractivity contribution in [2.75, 3.05) is 0 Å². The van der Waals surface area contributed by atoms with Crippen molar-refractivity contribution in [3.63, 3.8) is 0 Å². The highest BCUT2D eigenvalue weighted by molar-refractivity contribution is 5.29. The summed E-state index contributed by atoms with van der Waals surface area (Å²) in [5.74, 6) is -0.488. The van der Waals surface area contributed by atoms with Gasteiger partial charge in [0, 0.05) is 17.2 Å². The third-order valence-electron chi connectivity index (χ3n) is 3.35. The Kier molecular flexibility index (Phi) is 2.51. The first-order valence-electron chi connectivity index (χ1n) is 5.29. The van der Waals surface area contributed by atoms with Crippen LogP contribution in [0.5, 0.6) is 0 Å². The molecule has 0 aliphatic heterocycles. The Morgan fingerprint density at radius 2 is 2.07 bits per heavy atom. The lowest BCUT2D eigenvalue weighted by Gasteiger charge is -2.45. The van der Waals surface area contributed by atoms with Gasteiger partial charge in [-0.3, -0.25) is 0 Å². The van der Waals surface area contributed by atoms with Crippen molar-refractivity contribution in [3.05, 3.63) is 35.4 Å². The molecule has 1 nitrogen and oxygen atoms in total. The van der Waals surface area contributed by atoms with Gasteiger partial charge in [0.2, 0.25) is 0 Å². The number of rotatable bonds is 2. The molecule has 82 valence electrons. The summed E-state index contributed by atoms with van der Waals surface area (Å²) in [6.07, 6.45) is 2.67. The number of nitrogens with two attached hydrogens (primary N) is 1. The zero-order valence-corrected chi connectivity index (χ0v) is 8.76. The van der Waals surface area contributed by atoms with Gasteiger partial charge < -0.3 is 5.73 Å². The molecule has 0 bridgehead atoms. The average molecular weight is 211 g/mol. The molecule has 3 heteroatoms. The Balaban J connectivity index is 2.24. The van der Waals surface area contributed by atoms with E-state index in [1.54, 1.807) is 0 Å². The van der Waals surface area contributed by atoms with Crippen LogP contribution in [0.2, 0.25) is 0 Å². The van der Waals surface area contributed by atoms with Crippen LogP contribution in [0.1, 0.15) is 31.7 Å². The maximum Gasteiger partial charge on any atom is 0.131 e. The van der Waals surface area contributed by atoms with E-state index >= 15 is 0 Å². The third kappa shape index (κ3) is 1.76. The molecule has 2 N–H and O–H groups in total. The number of benzene rings is 1. The summed E-state index contributed by atoms with van der Waals surface area (Å²) in [7, 11) is 0. The molecule has 0 aromatic heterocycles. The lowest BCUT2D eigenvalue weighted by Crippen LogP contribution is -2.49. The summed E-state index contributed by atoms with van der Waals surface area (Å²) in [6.45, 7) is 2.10. The van der Waals surface area contributed by atoms with Crippen molar-refractivity contribution in [1.82, 2.24) is 0 Å². The van der Waals surface area contributed by atoms with Gasteiger partial charge in [-0.05, 0) is 24.8 Å². The zero-order valence-electron chi connectivity index (χ0n) is 8.76. The van der Waals surface area contributed by atoms with Gasteiger partial charge in [-0.15, -0.1) is 0 Å². The van der Waals surface area contributed by atoms with E-state index in [2.05, 4.69) is 6.92 Å². The quantitative estimate of drug-likeness (QED) is 0.799. The predicted octanol–water partition coefficient (Wildman–Crippen LogP) is 2.94. The molecule has 2 rings (SSSR count). The van der Waals surface area contributed by atoms with E-state index in [-0.39, 0.29) is 0 Å². The number of hydrogen-bond acceptors (Lipinski definition) is 1. The first-order valence-corrected chi connectivity index (χ1v) is 5.29. The zero-order chi connectivity index (χ0) is 11.1. The highest BCUT2D eigenvalue weighted by Gasteiger charge is 2.42. The summed E-state index contributed by atoms with van der Waals surface area (Å²) in [4.78, 5) is 0. The molecule has 1 aliphatic rings. The lowest BCUT2D eigenvalue weighted by atomic mass is 9.64. The fraction of sp³-hybridized carbons (Fsp3) is 0.500. The van der Waals surface area contributed by atoms with Crippen molar-refractivity contribution in [2.45, 2.75) is 31.7 Å². The van der Waals surface area contributed by atoms with Gasteiger partial charge in [0.25, 0.3) is 0 Å². The highest BCUT2D eigenvalue weighted by atomic mass is 19.1. The Hall–Kier alpha value is -0.960. The van der Waals surface area contributed by atoms with Gasteiger partial charge in [-0.25, -0.2) is 8.78 Å². The van der Waals surface area contributed by atoms with Crippen LogP contribution in [-0.2, 0) is 5.54 Å². The van der Waals surface area contributed by atoms with Crippen molar-refractivity contribution in [2.24, 2.45) is 11.7 Å². The van der Waals surface area contributed by atoms with E-state index in [0.717, 1.165) is 25.3 Å². The van der Waals surface area contributed by atoms with E-state index in [4.69, 9.17) is 5.73 Å². The van der Waals surface area contributed by atoms with E-state index in [0.29, 0.717) is 11.5 Å². The molecule has 0 amide bonds. The standard InChI is InChI=1S/C12H15F2N/c1-2-8-6-12(15,7-8)10-4-3-9(13)5-11(10)14/h3-5,8H,2,6-7,15H2,1H3. The van der Waals surface area contributed by atoms with Crippen LogP contribution < -0.4 is 5.73 Å². The van der Waals surface area contributed by atoms with E-state index in [1.807, 2.05) is 0 Å². The SMILES string of the molecule is CCC1CC(N)(c2ccc(F)cc2F)C1. The van der Waals surface area contributed by atoms with Crippen LogP contribution in [0, 0.1) is 17.6 Å². The van der Waals surface area contributed by atoms with E-state index in [1.165, 1.54) is 12.1 Å². The molecule has 1 aromatic carbocycles. The van der Waals surface area contributed by atoms with Gasteiger partial charge in [0.15, 0.2) is 0 Å². The van der Waals surface area contributed by atoms with Crippen LogP contribution in [0.4, 0.5) is 8.78 Å². The Morgan fingerprint density at radius 1 is 1.40 bits per heavy atom. The average Bonchev–Trinajstić information content (AvgIpc) is 2.12. The maximum absolute atomic E-state index is 13.5. The second-order valence-electron chi connectivity index (χ2n) is 4.46. The van der Waals surface area contributed by atoms with Crippen molar-refractivity contribution in [3.8, 4) is 0 Å². The van der Waals surface area contributed by atoms with Crippen LogP contribution in [0.15, 0.2) is 18.2 Å². The fourth-order valence-electron chi connectivity index (χ4n) is 2.37. The van der Waals surface area contributed by atoms with Crippen LogP contribution in [0.25, 0.3) is 0 Å². The third-order valence-corrected chi connectivity index (χ3v) is 3.35. The molecule has 0 radical (unpaired) electrons. The molecule has 0 unspecified atom stereocenters. The topological polar surface area (TPSA) is 26.0 Å². The van der Waals surface area contributed by atoms with Crippen molar-refractivity contribution in [1.29, 1.82) is 0 Å². The summed E-state index contributed by atoms with van der Waals surface area (Å²) < 4.78 is 26.2. The van der Waals surface area contributed by atoms with Gasteiger partial charge >= 0.3 is 0 Å². The minimum atomic E-state index is -0.571. The minimum Gasteiger partial charge on any atom is -0.321 e. The molecule has 1 aliphatic carbocycles. The van der Waals surface area contributed by atoms with E-state index in [9.17, 15) is 8.78 Å². The Labute approximate surface area is 88.3 Å². The number of halogens is 2. The van der Waals surface area contributed by atoms with Crippen molar-refractivity contribution < 1.29 is 8.78 Å². The van der Waals surface area contributed by atoms with E-state index < -0.39 is 17.2 Å². The predicted molar refractivity (Wildman–Crippen MR) is 55.2 cm³/mol. The summed E-state index contributed by atoms with van der Waals surface area (Å²) in [6, 6.07) is 3.64. The van der Waals surface area contributed by atoms with Gasteiger partial charge in [-0.1, -0.05) is 19.4 Å². The molecule has 0 spiro atoms. The fourth-order valence-corrected chi connectivity index (χ4v) is 2.37. The van der Waals surface area contributed by atoms with Crippen LogP contribution in [0.3, 0.4) is 0 Å². The minimum absolute atomic E-state index is 0.452. The molecule has 15 heavy (non-hydrogen) atoms. The summed E-state index contributed by atoms with van der Waals surface area (Å²) in [5, 5.41) is 0. The Bertz CT molecular complexity index is 370. The lowest BCUT2D eigenvalue weighted by molar-refractivity contribution is 0.139. The normalized spacial score (nSPS) is 30.0. The molecule has 0 atom stereocenters. The van der Waals surface area contributed by atoms with Crippen LogP contribution >= 0.6 is 0 Å². The second kappa shape index (κ2) is 3.56. The molecular weight excluding hydrogens is 196 g/mol. The first kappa shape index (κ1) is 10.6. The molecule has 1 aromatic rings. The van der Waals surface area contributed by atoms with Gasteiger partial charge in [-0.2, -0.15) is 0 Å². The second-order valence-corrected chi connectivity index (χ2v) is 4.46. The molecule has 0 heterocycles. The van der Waals surface area contributed by atoms with Crippen LogP contribution in [-0.4, -0.2) is 0 Å². The summed E-state index contributed by atoms with van der Waals surface area (Å²) in [5.41, 5.74) is 5.96. The highest BCUT2D eigenvalue weighted by Crippen LogP contribution is 2.45. The molecule has 1 fully saturated rings. The van der Waals surface area contributed by atoms with Crippen molar-refractivity contribution >= 4 is 0 Å². The molecule has 1 saturated carbocycles.